The Bertz CT molecular complexity index is 62.5. The number of nitrogens with one attached hydrogen (secondary N) is 1. The van der Waals surface area contributed by atoms with E-state index in [0.29, 0.717) is 0 Å². The van der Waals surface area contributed by atoms with Gasteiger partial charge in [0.15, 0.2) is 0 Å². The second-order valence-corrected chi connectivity index (χ2v) is 1.42. The fourth-order valence-electron chi connectivity index (χ4n) is 0.461. The molecule has 0 fully saturated rings. The van der Waals surface area contributed by atoms with Crippen LogP contribution in [0.15, 0.2) is 6.20 Å². The van der Waals surface area contributed by atoms with E-state index < -0.39 is 0 Å². The van der Waals surface area contributed by atoms with Gasteiger partial charge in [0.1, 0.15) is 0 Å². The number of hydrogen-bond acceptors (Lipinski definition) is 2. The van der Waals surface area contributed by atoms with Crippen LogP contribution in [-0.2, 0) is 4.84 Å². The first-order valence-corrected chi connectivity index (χ1v) is 2.42. The average Bonchev–Trinajstić information content (AvgIpc) is 1.90. The molecule has 2 heteroatoms. The molecule has 0 saturated carbocycles. The first-order chi connectivity index (χ1) is 3.50. The van der Waals surface area contributed by atoms with Crippen molar-refractivity contribution in [2.45, 2.75) is 12.8 Å². The van der Waals surface area contributed by atoms with Gasteiger partial charge >= 0.3 is 0 Å². The van der Waals surface area contributed by atoms with E-state index in [1.807, 2.05) is 0 Å². The van der Waals surface area contributed by atoms with Gasteiger partial charge in [0, 0.05) is 6.20 Å². The molecule has 1 heterocycles. The van der Waals surface area contributed by atoms with Gasteiger partial charge in [0.2, 0.25) is 0 Å². The smallest absolute Gasteiger partial charge is 0.0748 e. The summed E-state index contributed by atoms with van der Waals surface area (Å²) < 4.78 is 0. The number of allylic oxidation sites excluding steroid dienone is 1. The second-order valence-electron chi connectivity index (χ2n) is 1.42. The zero-order valence-corrected chi connectivity index (χ0v) is 4.11. The predicted octanol–water partition coefficient (Wildman–Crippen LogP) is 0.618. The van der Waals surface area contributed by atoms with Crippen molar-refractivity contribution in [3.8, 4) is 0 Å². The van der Waals surface area contributed by atoms with Crippen LogP contribution in [0.25, 0.3) is 0 Å². The van der Waals surface area contributed by atoms with Crippen LogP contribution >= 0.6 is 0 Å². The fourth-order valence-corrected chi connectivity index (χ4v) is 0.461. The molecule has 0 aromatic rings. The Morgan fingerprint density at radius 1 is 1.71 bits per heavy atom. The highest BCUT2D eigenvalue weighted by Crippen LogP contribution is 1.91. The summed E-state index contributed by atoms with van der Waals surface area (Å²) in [6.45, 7) is 0.795. The molecule has 0 aromatic heterocycles. The molecule has 1 aliphatic rings. The van der Waals surface area contributed by atoms with Crippen LogP contribution in [0.1, 0.15) is 12.8 Å². The Balaban J connectivity index is 2.20. The lowest BCUT2D eigenvalue weighted by atomic mass is 10.3. The van der Waals surface area contributed by atoms with Gasteiger partial charge in [0.05, 0.1) is 6.61 Å². The molecule has 0 bridgehead atoms. The molecule has 0 atom stereocenters. The van der Waals surface area contributed by atoms with Gasteiger partial charge < -0.3 is 0 Å². The van der Waals surface area contributed by atoms with Crippen molar-refractivity contribution in [3.05, 3.63) is 12.3 Å². The van der Waals surface area contributed by atoms with Crippen LogP contribution < -0.4 is 5.48 Å². The summed E-state index contributed by atoms with van der Waals surface area (Å²) >= 11 is 0. The van der Waals surface area contributed by atoms with Crippen molar-refractivity contribution in [2.75, 3.05) is 6.61 Å². The minimum atomic E-state index is 0.795. The van der Waals surface area contributed by atoms with E-state index in [-0.39, 0.29) is 0 Å². The molecule has 1 rings (SSSR count). The summed E-state index contributed by atoms with van der Waals surface area (Å²) in [4.78, 5) is 4.83. The van der Waals surface area contributed by atoms with E-state index in [1.54, 1.807) is 6.20 Å². The van der Waals surface area contributed by atoms with Crippen molar-refractivity contribution >= 4 is 0 Å². The number of rotatable bonds is 0. The van der Waals surface area contributed by atoms with E-state index in [1.165, 1.54) is 0 Å². The van der Waals surface area contributed by atoms with Gasteiger partial charge in [-0.05, 0) is 18.9 Å². The molecular weight excluding hydrogens is 90.1 g/mol. The molecule has 7 heavy (non-hydrogen) atoms. The van der Waals surface area contributed by atoms with E-state index in [9.17, 15) is 0 Å². The van der Waals surface area contributed by atoms with Gasteiger partial charge in [-0.1, -0.05) is 0 Å². The summed E-state index contributed by atoms with van der Waals surface area (Å²) in [5, 5.41) is 0. The molecule has 1 radical (unpaired) electrons. The second kappa shape index (κ2) is 2.64. The third-order valence-corrected chi connectivity index (χ3v) is 0.812. The molecule has 39 valence electrons. The van der Waals surface area contributed by atoms with Gasteiger partial charge in [0.25, 0.3) is 0 Å². The Morgan fingerprint density at radius 3 is 3.71 bits per heavy atom. The molecule has 0 amide bonds. The number of hydroxylamine groups is 1. The van der Waals surface area contributed by atoms with E-state index in [2.05, 4.69) is 11.6 Å². The molecule has 0 unspecified atom stereocenters. The topological polar surface area (TPSA) is 21.3 Å². The SMILES string of the molecule is [C]1=CNOCCC1. The Hall–Kier alpha value is -0.500. The lowest BCUT2D eigenvalue weighted by Crippen LogP contribution is -2.04. The van der Waals surface area contributed by atoms with Gasteiger partial charge in [-0.3, -0.25) is 10.3 Å². The first-order valence-electron chi connectivity index (χ1n) is 2.42. The summed E-state index contributed by atoms with van der Waals surface area (Å²) in [5.74, 6) is 0. The van der Waals surface area contributed by atoms with Crippen LogP contribution in [0, 0.1) is 6.08 Å². The van der Waals surface area contributed by atoms with Gasteiger partial charge in [-0.15, -0.1) is 0 Å². The standard InChI is InChI=1S/C5H8NO/c1-2-4-6-7-5-3-1/h4,6H,1,3,5H2. The molecule has 0 aromatic carbocycles. The van der Waals surface area contributed by atoms with Crippen molar-refractivity contribution in [3.63, 3.8) is 0 Å². The molecule has 0 aliphatic carbocycles. The normalized spacial score (nSPS) is 20.6. The van der Waals surface area contributed by atoms with Crippen molar-refractivity contribution in [2.24, 2.45) is 0 Å². The Morgan fingerprint density at radius 2 is 2.71 bits per heavy atom. The monoisotopic (exact) mass is 98.1 g/mol. The largest absolute Gasteiger partial charge is 0.277 e. The maximum Gasteiger partial charge on any atom is 0.0748 e. The highest BCUT2D eigenvalue weighted by Gasteiger charge is 1.87. The molecule has 0 saturated heterocycles. The van der Waals surface area contributed by atoms with E-state index in [4.69, 9.17) is 4.84 Å². The van der Waals surface area contributed by atoms with Crippen LogP contribution in [0.5, 0.6) is 0 Å². The fraction of sp³-hybridized carbons (Fsp3) is 0.600. The van der Waals surface area contributed by atoms with Crippen LogP contribution in [0.4, 0.5) is 0 Å². The highest BCUT2D eigenvalue weighted by molar-refractivity contribution is 4.68. The summed E-state index contributed by atoms with van der Waals surface area (Å²) in [6, 6.07) is 0. The zero-order chi connectivity index (χ0) is 4.95. The predicted molar refractivity (Wildman–Crippen MR) is 26.1 cm³/mol. The van der Waals surface area contributed by atoms with Gasteiger partial charge in [-0.25, -0.2) is 0 Å². The van der Waals surface area contributed by atoms with Crippen LogP contribution in [-0.4, -0.2) is 6.61 Å². The highest BCUT2D eigenvalue weighted by atomic mass is 16.6. The average molecular weight is 98.1 g/mol. The summed E-state index contributed by atoms with van der Waals surface area (Å²) in [6.07, 6.45) is 6.77. The van der Waals surface area contributed by atoms with Crippen LogP contribution in [0.2, 0.25) is 0 Å². The van der Waals surface area contributed by atoms with Crippen molar-refractivity contribution in [1.29, 1.82) is 0 Å². The molecule has 1 aliphatic heterocycles. The summed E-state index contributed by atoms with van der Waals surface area (Å²) in [5.41, 5.74) is 2.61. The van der Waals surface area contributed by atoms with E-state index in [0.717, 1.165) is 19.4 Å². The van der Waals surface area contributed by atoms with Crippen molar-refractivity contribution < 1.29 is 4.84 Å². The number of hydrogen-bond donors (Lipinski definition) is 1. The van der Waals surface area contributed by atoms with Crippen molar-refractivity contribution in [1.82, 2.24) is 5.48 Å². The molecule has 2 nitrogen and oxygen atoms in total. The Labute approximate surface area is 43.1 Å². The maximum absolute atomic E-state index is 4.83. The van der Waals surface area contributed by atoms with Crippen LogP contribution in [0.3, 0.4) is 0 Å². The first kappa shape index (κ1) is 4.65. The molecule has 1 N–H and O–H groups in total. The Kier molecular flexibility index (Phi) is 1.75. The maximum atomic E-state index is 4.83. The van der Waals surface area contributed by atoms with Gasteiger partial charge in [-0.2, -0.15) is 0 Å². The minimum Gasteiger partial charge on any atom is -0.277 e. The molecular formula is C5H8NO. The quantitative estimate of drug-likeness (QED) is 0.479. The zero-order valence-electron chi connectivity index (χ0n) is 4.11. The third-order valence-electron chi connectivity index (χ3n) is 0.812. The van der Waals surface area contributed by atoms with E-state index >= 15 is 0 Å². The lowest BCUT2D eigenvalue weighted by Gasteiger charge is -1.93. The lowest BCUT2D eigenvalue weighted by molar-refractivity contribution is 0.0744. The third kappa shape index (κ3) is 1.59. The minimum absolute atomic E-state index is 0.795. The summed E-state index contributed by atoms with van der Waals surface area (Å²) in [7, 11) is 0. The molecule has 0 spiro atoms.